The van der Waals surface area contributed by atoms with Crippen LogP contribution in [0.4, 0.5) is 0 Å². The van der Waals surface area contributed by atoms with Crippen LogP contribution in [0, 0.1) is 0 Å². The SMILES string of the molecule is CCCNC1=C(C(=O)OCC)C(c2ccccc2)CC(/C=C/c2ccccc2)=C1. The molecule has 0 bridgehead atoms. The lowest BCUT2D eigenvalue weighted by Gasteiger charge is -2.27. The highest BCUT2D eigenvalue weighted by atomic mass is 16.5. The van der Waals surface area contributed by atoms with Crippen LogP contribution in [-0.4, -0.2) is 19.1 Å². The van der Waals surface area contributed by atoms with Crippen LogP contribution in [-0.2, 0) is 9.53 Å². The zero-order valence-electron chi connectivity index (χ0n) is 17.2. The number of allylic oxidation sites excluding steroid dienone is 3. The zero-order chi connectivity index (χ0) is 20.5. The van der Waals surface area contributed by atoms with Crippen molar-refractivity contribution >= 4 is 12.0 Å². The summed E-state index contributed by atoms with van der Waals surface area (Å²) in [5.41, 5.74) is 5.08. The van der Waals surface area contributed by atoms with Gasteiger partial charge in [0, 0.05) is 18.2 Å². The fourth-order valence-electron chi connectivity index (χ4n) is 3.57. The highest BCUT2D eigenvalue weighted by Gasteiger charge is 2.30. The lowest BCUT2D eigenvalue weighted by molar-refractivity contribution is -0.138. The normalized spacial score (nSPS) is 16.6. The molecule has 0 saturated heterocycles. The lowest BCUT2D eigenvalue weighted by Crippen LogP contribution is -2.26. The van der Waals surface area contributed by atoms with Crippen molar-refractivity contribution in [1.82, 2.24) is 5.32 Å². The third-order valence-electron chi connectivity index (χ3n) is 4.96. The standard InChI is InChI=1S/C26H29NO2/c1-3-17-27-24-19-21(16-15-20-11-7-5-8-12-20)18-23(22-13-9-6-10-14-22)25(24)26(28)29-4-2/h5-16,19,23,27H,3-4,17-18H2,1-2H3/b16-15+. The predicted molar refractivity (Wildman–Crippen MR) is 119 cm³/mol. The van der Waals surface area contributed by atoms with Gasteiger partial charge in [-0.1, -0.05) is 79.7 Å². The van der Waals surface area contributed by atoms with E-state index in [1.54, 1.807) is 0 Å². The fraction of sp³-hybridized carbons (Fsp3) is 0.269. The molecule has 2 aromatic rings. The summed E-state index contributed by atoms with van der Waals surface area (Å²) >= 11 is 0. The molecular weight excluding hydrogens is 358 g/mol. The summed E-state index contributed by atoms with van der Waals surface area (Å²) in [5.74, 6) is -0.266. The molecule has 3 heteroatoms. The van der Waals surface area contributed by atoms with E-state index in [-0.39, 0.29) is 11.9 Å². The summed E-state index contributed by atoms with van der Waals surface area (Å²) in [5, 5.41) is 3.46. The lowest BCUT2D eigenvalue weighted by atomic mass is 9.80. The number of carbonyl (C=O) groups excluding carboxylic acids is 1. The Morgan fingerprint density at radius 3 is 2.38 bits per heavy atom. The van der Waals surface area contributed by atoms with Gasteiger partial charge >= 0.3 is 5.97 Å². The number of carbonyl (C=O) groups is 1. The maximum Gasteiger partial charge on any atom is 0.336 e. The first-order valence-corrected chi connectivity index (χ1v) is 10.4. The molecule has 0 fully saturated rings. The van der Waals surface area contributed by atoms with Gasteiger partial charge < -0.3 is 10.1 Å². The van der Waals surface area contributed by atoms with Gasteiger partial charge in [0.25, 0.3) is 0 Å². The second-order valence-electron chi connectivity index (χ2n) is 7.11. The summed E-state index contributed by atoms with van der Waals surface area (Å²) in [4.78, 5) is 12.9. The average Bonchev–Trinajstić information content (AvgIpc) is 2.77. The van der Waals surface area contributed by atoms with Crippen molar-refractivity contribution in [2.45, 2.75) is 32.6 Å². The Balaban J connectivity index is 2.02. The van der Waals surface area contributed by atoms with E-state index in [0.29, 0.717) is 6.61 Å². The molecule has 3 rings (SSSR count). The van der Waals surface area contributed by atoms with Crippen molar-refractivity contribution in [1.29, 1.82) is 0 Å². The number of hydrogen-bond acceptors (Lipinski definition) is 3. The second-order valence-corrected chi connectivity index (χ2v) is 7.11. The van der Waals surface area contributed by atoms with E-state index in [4.69, 9.17) is 4.74 Å². The molecular formula is C26H29NO2. The summed E-state index contributed by atoms with van der Waals surface area (Å²) in [7, 11) is 0. The predicted octanol–water partition coefficient (Wildman–Crippen LogP) is 5.63. The summed E-state index contributed by atoms with van der Waals surface area (Å²) in [6.07, 6.45) is 8.12. The minimum absolute atomic E-state index is 0.0324. The van der Waals surface area contributed by atoms with Crippen molar-refractivity contribution in [3.05, 3.63) is 101 Å². The van der Waals surface area contributed by atoms with Crippen LogP contribution in [0.5, 0.6) is 0 Å². The molecule has 0 aromatic heterocycles. The first-order valence-electron chi connectivity index (χ1n) is 10.4. The maximum absolute atomic E-state index is 12.9. The fourth-order valence-corrected chi connectivity index (χ4v) is 3.57. The van der Waals surface area contributed by atoms with Crippen LogP contribution in [0.2, 0.25) is 0 Å². The molecule has 0 radical (unpaired) electrons. The molecule has 0 heterocycles. The van der Waals surface area contributed by atoms with Crippen LogP contribution in [0.25, 0.3) is 6.08 Å². The smallest absolute Gasteiger partial charge is 0.336 e. The van der Waals surface area contributed by atoms with Crippen LogP contribution >= 0.6 is 0 Å². The molecule has 1 aliphatic rings. The van der Waals surface area contributed by atoms with Gasteiger partial charge in [-0.05, 0) is 42.5 Å². The van der Waals surface area contributed by atoms with Crippen LogP contribution < -0.4 is 5.32 Å². The minimum atomic E-state index is -0.234. The number of esters is 1. The van der Waals surface area contributed by atoms with Gasteiger partial charge in [-0.2, -0.15) is 0 Å². The Hall–Kier alpha value is -3.07. The summed E-state index contributed by atoms with van der Waals surface area (Å²) < 4.78 is 5.42. The maximum atomic E-state index is 12.9. The van der Waals surface area contributed by atoms with Crippen molar-refractivity contribution in [2.24, 2.45) is 0 Å². The number of benzene rings is 2. The Kier molecular flexibility index (Phi) is 7.46. The monoisotopic (exact) mass is 387 g/mol. The van der Waals surface area contributed by atoms with Gasteiger partial charge in [0.05, 0.1) is 12.2 Å². The van der Waals surface area contributed by atoms with E-state index in [2.05, 4.69) is 54.7 Å². The quantitative estimate of drug-likeness (QED) is 0.597. The highest BCUT2D eigenvalue weighted by Crippen LogP contribution is 2.38. The third kappa shape index (κ3) is 5.47. The number of ether oxygens (including phenoxy) is 1. The number of rotatable bonds is 8. The molecule has 150 valence electrons. The topological polar surface area (TPSA) is 38.3 Å². The number of nitrogens with one attached hydrogen (secondary N) is 1. The van der Waals surface area contributed by atoms with Crippen molar-refractivity contribution < 1.29 is 9.53 Å². The molecule has 0 saturated carbocycles. The van der Waals surface area contributed by atoms with Crippen molar-refractivity contribution in [3.63, 3.8) is 0 Å². The first-order chi connectivity index (χ1) is 14.2. The molecule has 1 unspecified atom stereocenters. The molecule has 0 aliphatic heterocycles. The molecule has 1 aliphatic carbocycles. The van der Waals surface area contributed by atoms with E-state index in [1.807, 2.05) is 43.3 Å². The Labute approximate surface area is 173 Å². The summed E-state index contributed by atoms with van der Waals surface area (Å²) in [6, 6.07) is 20.5. The molecule has 3 nitrogen and oxygen atoms in total. The Morgan fingerprint density at radius 2 is 1.72 bits per heavy atom. The van der Waals surface area contributed by atoms with Crippen LogP contribution in [0.3, 0.4) is 0 Å². The third-order valence-corrected chi connectivity index (χ3v) is 4.96. The number of hydrogen-bond donors (Lipinski definition) is 1. The van der Waals surface area contributed by atoms with Gasteiger partial charge in [-0.25, -0.2) is 4.79 Å². The van der Waals surface area contributed by atoms with Gasteiger partial charge in [0.2, 0.25) is 0 Å². The van der Waals surface area contributed by atoms with Crippen LogP contribution in [0.15, 0.2) is 89.7 Å². The van der Waals surface area contributed by atoms with Crippen LogP contribution in [0.1, 0.15) is 43.7 Å². The molecule has 1 atom stereocenters. The first kappa shape index (κ1) is 20.7. The van der Waals surface area contributed by atoms with E-state index >= 15 is 0 Å². The van der Waals surface area contributed by atoms with Gasteiger partial charge in [-0.15, -0.1) is 0 Å². The van der Waals surface area contributed by atoms with Crippen molar-refractivity contribution in [3.8, 4) is 0 Å². The molecule has 0 spiro atoms. The van der Waals surface area contributed by atoms with Gasteiger partial charge in [-0.3, -0.25) is 0 Å². The molecule has 2 aromatic carbocycles. The Morgan fingerprint density at radius 1 is 1.03 bits per heavy atom. The Bertz CT molecular complexity index is 895. The average molecular weight is 388 g/mol. The molecule has 29 heavy (non-hydrogen) atoms. The molecule has 1 N–H and O–H groups in total. The zero-order valence-corrected chi connectivity index (χ0v) is 17.2. The van der Waals surface area contributed by atoms with Gasteiger partial charge in [0.1, 0.15) is 0 Å². The minimum Gasteiger partial charge on any atom is -0.463 e. The van der Waals surface area contributed by atoms with E-state index in [1.165, 1.54) is 5.57 Å². The largest absolute Gasteiger partial charge is 0.463 e. The van der Waals surface area contributed by atoms with Gasteiger partial charge in [0.15, 0.2) is 0 Å². The van der Waals surface area contributed by atoms with E-state index in [0.717, 1.165) is 41.8 Å². The highest BCUT2D eigenvalue weighted by molar-refractivity contribution is 5.92. The van der Waals surface area contributed by atoms with Crippen molar-refractivity contribution in [2.75, 3.05) is 13.2 Å². The second kappa shape index (κ2) is 10.5. The van der Waals surface area contributed by atoms with E-state index in [9.17, 15) is 4.79 Å². The van der Waals surface area contributed by atoms with E-state index < -0.39 is 0 Å². The molecule has 0 amide bonds. The summed E-state index contributed by atoms with van der Waals surface area (Å²) in [6.45, 7) is 5.15.